The van der Waals surface area contributed by atoms with E-state index >= 15 is 0 Å². The van der Waals surface area contributed by atoms with Crippen LogP contribution in [-0.4, -0.2) is 34.4 Å². The molecule has 0 saturated carbocycles. The highest BCUT2D eigenvalue weighted by Gasteiger charge is 2.14. The Balaban J connectivity index is 1.81. The Hall–Kier alpha value is -2.15. The Morgan fingerprint density at radius 3 is 3.00 bits per heavy atom. The van der Waals surface area contributed by atoms with Gasteiger partial charge in [-0.05, 0) is 13.0 Å². The van der Waals surface area contributed by atoms with Crippen molar-refractivity contribution in [3.05, 3.63) is 35.3 Å². The van der Waals surface area contributed by atoms with Crippen LogP contribution in [0.1, 0.15) is 27.7 Å². The molecule has 1 N–H and O–H groups in total. The van der Waals surface area contributed by atoms with Crippen molar-refractivity contribution in [2.75, 3.05) is 13.7 Å². The SMILES string of the molecule is COC(=O)c1cc(CNCCc2ncn(C)n2)oc1C. The molecule has 0 saturated heterocycles. The highest BCUT2D eigenvalue weighted by atomic mass is 16.5. The molecule has 7 heteroatoms. The molecule has 0 unspecified atom stereocenters. The minimum absolute atomic E-state index is 0.379. The van der Waals surface area contributed by atoms with Crippen LogP contribution in [0, 0.1) is 6.92 Å². The van der Waals surface area contributed by atoms with Crippen LogP contribution in [-0.2, 0) is 24.8 Å². The highest BCUT2D eigenvalue weighted by molar-refractivity contribution is 5.90. The molecule has 0 spiro atoms. The van der Waals surface area contributed by atoms with Gasteiger partial charge >= 0.3 is 5.97 Å². The van der Waals surface area contributed by atoms with Crippen molar-refractivity contribution < 1.29 is 13.9 Å². The monoisotopic (exact) mass is 278 g/mol. The number of furan rings is 1. The number of carbonyl (C=O) groups excluding carboxylic acids is 1. The van der Waals surface area contributed by atoms with Gasteiger partial charge in [-0.25, -0.2) is 9.78 Å². The Morgan fingerprint density at radius 1 is 1.55 bits per heavy atom. The van der Waals surface area contributed by atoms with Gasteiger partial charge in [0.1, 0.15) is 23.4 Å². The van der Waals surface area contributed by atoms with E-state index in [-0.39, 0.29) is 5.97 Å². The quantitative estimate of drug-likeness (QED) is 0.622. The summed E-state index contributed by atoms with van der Waals surface area (Å²) in [6, 6.07) is 1.70. The fourth-order valence-electron chi connectivity index (χ4n) is 1.85. The minimum atomic E-state index is -0.379. The average molecular weight is 278 g/mol. The van der Waals surface area contributed by atoms with Crippen LogP contribution >= 0.6 is 0 Å². The second-order valence-corrected chi connectivity index (χ2v) is 4.44. The first kappa shape index (κ1) is 14.3. The van der Waals surface area contributed by atoms with Gasteiger partial charge in [-0.3, -0.25) is 4.68 Å². The maximum atomic E-state index is 11.4. The lowest BCUT2D eigenvalue weighted by Gasteiger charge is -1.99. The Bertz CT molecular complexity index is 588. The maximum absolute atomic E-state index is 11.4. The van der Waals surface area contributed by atoms with Gasteiger partial charge in [-0.15, -0.1) is 0 Å². The molecule has 0 fully saturated rings. The van der Waals surface area contributed by atoms with E-state index in [1.54, 1.807) is 24.0 Å². The molecule has 0 radical (unpaired) electrons. The summed E-state index contributed by atoms with van der Waals surface area (Å²) in [6.45, 7) is 3.02. The molecule has 0 amide bonds. The summed E-state index contributed by atoms with van der Waals surface area (Å²) in [6.07, 6.45) is 2.41. The fraction of sp³-hybridized carbons (Fsp3) is 0.462. The van der Waals surface area contributed by atoms with Crippen molar-refractivity contribution in [3.63, 3.8) is 0 Å². The predicted octanol–water partition coefficient (Wildman–Crippen LogP) is 0.835. The third-order valence-electron chi connectivity index (χ3n) is 2.85. The topological polar surface area (TPSA) is 82.2 Å². The van der Waals surface area contributed by atoms with Crippen molar-refractivity contribution in [1.29, 1.82) is 0 Å². The molecule has 2 rings (SSSR count). The summed E-state index contributed by atoms with van der Waals surface area (Å²) >= 11 is 0. The molecule has 0 aliphatic heterocycles. The molecule has 2 aromatic rings. The number of aryl methyl sites for hydroxylation is 2. The van der Waals surface area contributed by atoms with E-state index in [4.69, 9.17) is 4.42 Å². The minimum Gasteiger partial charge on any atom is -0.465 e. The molecule has 0 atom stereocenters. The van der Waals surface area contributed by atoms with Crippen molar-refractivity contribution >= 4 is 5.97 Å². The van der Waals surface area contributed by atoms with Gasteiger partial charge in [0.15, 0.2) is 5.82 Å². The summed E-state index contributed by atoms with van der Waals surface area (Å²) in [5.41, 5.74) is 0.468. The lowest BCUT2D eigenvalue weighted by molar-refractivity contribution is 0.0599. The van der Waals surface area contributed by atoms with Crippen LogP contribution < -0.4 is 5.32 Å². The number of nitrogens with one attached hydrogen (secondary N) is 1. The molecule has 108 valence electrons. The highest BCUT2D eigenvalue weighted by Crippen LogP contribution is 2.15. The second-order valence-electron chi connectivity index (χ2n) is 4.44. The maximum Gasteiger partial charge on any atom is 0.341 e. The molecule has 0 aliphatic carbocycles. The molecule has 7 nitrogen and oxygen atoms in total. The van der Waals surface area contributed by atoms with E-state index in [2.05, 4.69) is 20.1 Å². The molecule has 20 heavy (non-hydrogen) atoms. The van der Waals surface area contributed by atoms with Crippen LogP contribution in [0.2, 0.25) is 0 Å². The van der Waals surface area contributed by atoms with Crippen molar-refractivity contribution in [2.45, 2.75) is 19.9 Å². The number of ether oxygens (including phenoxy) is 1. The van der Waals surface area contributed by atoms with Gasteiger partial charge in [-0.2, -0.15) is 5.10 Å². The number of nitrogens with zero attached hydrogens (tertiary/aromatic N) is 3. The Kier molecular flexibility index (Phi) is 4.52. The standard InChI is InChI=1S/C13H18N4O3/c1-9-11(13(18)19-3)6-10(20-9)7-14-5-4-12-15-8-17(2)16-12/h6,8,14H,4-5,7H2,1-3H3. The lowest BCUT2D eigenvalue weighted by Crippen LogP contribution is -2.17. The van der Waals surface area contributed by atoms with Gasteiger partial charge in [0.2, 0.25) is 0 Å². The van der Waals surface area contributed by atoms with E-state index < -0.39 is 0 Å². The van der Waals surface area contributed by atoms with Gasteiger partial charge < -0.3 is 14.5 Å². The lowest BCUT2D eigenvalue weighted by atomic mass is 10.2. The molecule has 0 aromatic carbocycles. The molecule has 0 bridgehead atoms. The number of hydrogen-bond acceptors (Lipinski definition) is 6. The first-order chi connectivity index (χ1) is 9.60. The van der Waals surface area contributed by atoms with E-state index in [0.29, 0.717) is 23.6 Å². The van der Waals surface area contributed by atoms with E-state index in [1.807, 2.05) is 7.05 Å². The zero-order valence-corrected chi connectivity index (χ0v) is 11.8. The smallest absolute Gasteiger partial charge is 0.341 e. The molecule has 2 heterocycles. The number of esters is 1. The van der Waals surface area contributed by atoms with Crippen LogP contribution in [0.5, 0.6) is 0 Å². The summed E-state index contributed by atoms with van der Waals surface area (Å²) in [7, 11) is 3.19. The van der Waals surface area contributed by atoms with E-state index in [0.717, 1.165) is 18.8 Å². The third-order valence-corrected chi connectivity index (χ3v) is 2.85. The van der Waals surface area contributed by atoms with Gasteiger partial charge in [0, 0.05) is 20.0 Å². The number of aromatic nitrogens is 3. The first-order valence-corrected chi connectivity index (χ1v) is 6.33. The van der Waals surface area contributed by atoms with Gasteiger partial charge in [0.05, 0.1) is 13.7 Å². The molecule has 2 aromatic heterocycles. The van der Waals surface area contributed by atoms with Crippen molar-refractivity contribution in [1.82, 2.24) is 20.1 Å². The van der Waals surface area contributed by atoms with Crippen molar-refractivity contribution in [3.8, 4) is 0 Å². The number of carbonyl (C=O) groups is 1. The van der Waals surface area contributed by atoms with E-state index in [9.17, 15) is 4.79 Å². The van der Waals surface area contributed by atoms with Crippen molar-refractivity contribution in [2.24, 2.45) is 7.05 Å². The average Bonchev–Trinajstić information content (AvgIpc) is 3.00. The number of rotatable bonds is 6. The van der Waals surface area contributed by atoms with E-state index in [1.165, 1.54) is 7.11 Å². The largest absolute Gasteiger partial charge is 0.465 e. The summed E-state index contributed by atoms with van der Waals surface area (Å²) < 4.78 is 11.8. The van der Waals surface area contributed by atoms with Crippen LogP contribution in [0.15, 0.2) is 16.8 Å². The van der Waals surface area contributed by atoms with Gasteiger partial charge in [0.25, 0.3) is 0 Å². The second kappa shape index (κ2) is 6.33. The Morgan fingerprint density at radius 2 is 2.35 bits per heavy atom. The predicted molar refractivity (Wildman–Crippen MR) is 71.2 cm³/mol. The fourth-order valence-corrected chi connectivity index (χ4v) is 1.85. The number of hydrogen-bond donors (Lipinski definition) is 1. The Labute approximate surface area is 116 Å². The molecular formula is C13H18N4O3. The molecule has 0 aliphatic rings. The summed E-state index contributed by atoms with van der Waals surface area (Å²) in [5, 5.41) is 7.41. The van der Waals surface area contributed by atoms with Crippen LogP contribution in [0.4, 0.5) is 0 Å². The normalized spacial score (nSPS) is 10.8. The molecular weight excluding hydrogens is 260 g/mol. The first-order valence-electron chi connectivity index (χ1n) is 6.33. The third kappa shape index (κ3) is 3.45. The number of methoxy groups -OCH3 is 1. The summed E-state index contributed by atoms with van der Waals surface area (Å²) in [4.78, 5) is 15.6. The zero-order chi connectivity index (χ0) is 14.5. The zero-order valence-electron chi connectivity index (χ0n) is 11.8. The van der Waals surface area contributed by atoms with Crippen LogP contribution in [0.25, 0.3) is 0 Å². The van der Waals surface area contributed by atoms with Gasteiger partial charge in [-0.1, -0.05) is 0 Å². The van der Waals surface area contributed by atoms with Crippen LogP contribution in [0.3, 0.4) is 0 Å². The summed E-state index contributed by atoms with van der Waals surface area (Å²) in [5.74, 6) is 1.69.